The lowest BCUT2D eigenvalue weighted by molar-refractivity contribution is -0.113. The number of nitrogens with one attached hydrogen (secondary N) is 1. The van der Waals surface area contributed by atoms with Crippen LogP contribution in [0, 0.1) is 6.92 Å². The van der Waals surface area contributed by atoms with Crippen LogP contribution in [0.15, 0.2) is 87.1 Å². The minimum atomic E-state index is -0.548. The molecule has 0 radical (unpaired) electrons. The smallest absolute Gasteiger partial charge is 0.271 e. The van der Waals surface area contributed by atoms with Crippen LogP contribution >= 0.6 is 22.7 Å². The van der Waals surface area contributed by atoms with E-state index in [9.17, 15) is 9.59 Å². The molecule has 0 saturated heterocycles. The van der Waals surface area contributed by atoms with E-state index in [0.29, 0.717) is 20.6 Å². The highest BCUT2D eigenvalue weighted by Gasteiger charge is 2.33. The number of fused-ring (bicyclic) bond motifs is 1. The third-order valence-electron chi connectivity index (χ3n) is 5.89. The number of ether oxygens (including phenoxy) is 1. The van der Waals surface area contributed by atoms with Crippen LogP contribution in [-0.4, -0.2) is 17.6 Å². The maximum absolute atomic E-state index is 13.6. The predicted molar refractivity (Wildman–Crippen MR) is 141 cm³/mol. The van der Waals surface area contributed by atoms with Gasteiger partial charge in [0.05, 0.1) is 22.9 Å². The first kappa shape index (κ1) is 23.0. The van der Waals surface area contributed by atoms with Crippen molar-refractivity contribution in [3.05, 3.63) is 113 Å². The molecular formula is C27H23N3O3S2. The third-order valence-corrected chi connectivity index (χ3v) is 7.79. The molecule has 1 aliphatic rings. The zero-order valence-corrected chi connectivity index (χ0v) is 21.1. The van der Waals surface area contributed by atoms with Gasteiger partial charge in [-0.25, -0.2) is 4.99 Å². The summed E-state index contributed by atoms with van der Waals surface area (Å²) in [4.78, 5) is 33.4. The number of hydrogen-bond acceptors (Lipinski definition) is 6. The molecule has 4 aromatic rings. The molecule has 1 amide bonds. The van der Waals surface area contributed by atoms with Crippen LogP contribution < -0.4 is 24.9 Å². The van der Waals surface area contributed by atoms with Crippen molar-refractivity contribution in [2.75, 3.05) is 12.4 Å². The highest BCUT2D eigenvalue weighted by Crippen LogP contribution is 2.33. The lowest BCUT2D eigenvalue weighted by atomic mass is 10.0. The van der Waals surface area contributed by atoms with Gasteiger partial charge in [-0.1, -0.05) is 47.7 Å². The summed E-state index contributed by atoms with van der Waals surface area (Å²) >= 11 is 2.84. The molecule has 0 unspecified atom stereocenters. The number of thiazole rings is 1. The number of benzene rings is 2. The molecule has 2 aromatic carbocycles. The third kappa shape index (κ3) is 4.38. The minimum Gasteiger partial charge on any atom is -0.497 e. The molecule has 8 heteroatoms. The van der Waals surface area contributed by atoms with Crippen molar-refractivity contribution >= 4 is 40.3 Å². The van der Waals surface area contributed by atoms with Crippen molar-refractivity contribution in [3.63, 3.8) is 0 Å². The van der Waals surface area contributed by atoms with Crippen molar-refractivity contribution in [1.82, 2.24) is 4.57 Å². The van der Waals surface area contributed by atoms with E-state index in [0.717, 1.165) is 27.4 Å². The molecule has 0 saturated carbocycles. The summed E-state index contributed by atoms with van der Waals surface area (Å²) in [5.74, 6) is 0.490. The molecule has 35 heavy (non-hydrogen) atoms. The second kappa shape index (κ2) is 9.48. The van der Waals surface area contributed by atoms with Gasteiger partial charge in [0.25, 0.3) is 11.5 Å². The van der Waals surface area contributed by atoms with E-state index in [2.05, 4.69) is 10.3 Å². The number of methoxy groups -OCH3 is 1. The van der Waals surface area contributed by atoms with Crippen molar-refractivity contribution in [2.45, 2.75) is 19.9 Å². The van der Waals surface area contributed by atoms with E-state index in [1.54, 1.807) is 11.7 Å². The lowest BCUT2D eigenvalue weighted by Gasteiger charge is -2.24. The monoisotopic (exact) mass is 501 g/mol. The number of aromatic nitrogens is 1. The molecular weight excluding hydrogens is 478 g/mol. The Morgan fingerprint density at radius 3 is 2.54 bits per heavy atom. The number of allylic oxidation sites excluding steroid dienone is 1. The Labute approximate surface area is 210 Å². The highest BCUT2D eigenvalue weighted by molar-refractivity contribution is 7.10. The number of hydrogen-bond donors (Lipinski definition) is 1. The molecule has 1 aliphatic heterocycles. The van der Waals surface area contributed by atoms with E-state index in [1.807, 2.05) is 86.0 Å². The normalized spacial score (nSPS) is 15.5. The van der Waals surface area contributed by atoms with Crippen molar-refractivity contribution in [1.29, 1.82) is 0 Å². The topological polar surface area (TPSA) is 72.7 Å². The molecule has 5 rings (SSSR count). The van der Waals surface area contributed by atoms with Crippen LogP contribution in [0.2, 0.25) is 0 Å². The van der Waals surface area contributed by atoms with Gasteiger partial charge in [-0.05, 0) is 60.7 Å². The quantitative estimate of drug-likeness (QED) is 0.444. The molecule has 1 N–H and O–H groups in total. The average molecular weight is 502 g/mol. The zero-order valence-electron chi connectivity index (χ0n) is 19.4. The van der Waals surface area contributed by atoms with Gasteiger partial charge >= 0.3 is 0 Å². The van der Waals surface area contributed by atoms with Crippen LogP contribution in [0.1, 0.15) is 29.0 Å². The van der Waals surface area contributed by atoms with Gasteiger partial charge in [0.2, 0.25) is 0 Å². The molecule has 0 fully saturated rings. The molecule has 6 nitrogen and oxygen atoms in total. The number of amides is 1. The summed E-state index contributed by atoms with van der Waals surface area (Å²) in [7, 11) is 1.62. The summed E-state index contributed by atoms with van der Waals surface area (Å²) in [6.45, 7) is 3.77. The highest BCUT2D eigenvalue weighted by atomic mass is 32.1. The Balaban J connectivity index is 1.62. The summed E-state index contributed by atoms with van der Waals surface area (Å²) < 4.78 is 7.43. The zero-order chi connectivity index (χ0) is 24.5. The maximum Gasteiger partial charge on any atom is 0.271 e. The van der Waals surface area contributed by atoms with Crippen LogP contribution in [-0.2, 0) is 4.79 Å². The number of para-hydroxylation sites is 1. The second-order valence-corrected chi connectivity index (χ2v) is 10.1. The second-order valence-electron chi connectivity index (χ2n) is 8.14. The van der Waals surface area contributed by atoms with Crippen molar-refractivity contribution in [3.8, 4) is 5.75 Å². The molecule has 0 aliphatic carbocycles. The predicted octanol–water partition coefficient (Wildman–Crippen LogP) is 4.25. The van der Waals surface area contributed by atoms with Gasteiger partial charge in [-0.3, -0.25) is 14.2 Å². The first-order valence-corrected chi connectivity index (χ1v) is 12.7. The summed E-state index contributed by atoms with van der Waals surface area (Å²) in [5.41, 5.74) is 3.49. The average Bonchev–Trinajstić information content (AvgIpc) is 3.49. The Bertz CT molecular complexity index is 1610. The van der Waals surface area contributed by atoms with Gasteiger partial charge < -0.3 is 10.1 Å². The standard InChI is InChI=1S/C27H23N3O3S2/c1-16-7-4-5-8-20(16)29-25(31)23-17(2)28-27-30(24(23)21-9-6-14-34-21)26(32)22(35-27)15-18-10-12-19(33-3)13-11-18/h4-15,24H,1-3H3,(H,29,31)/b22-15+/t24-/m0/s1. The number of carbonyl (C=O) groups is 1. The van der Waals surface area contributed by atoms with Crippen LogP contribution in [0.4, 0.5) is 5.69 Å². The van der Waals surface area contributed by atoms with Crippen LogP contribution in [0.3, 0.4) is 0 Å². The summed E-state index contributed by atoms with van der Waals surface area (Å²) in [6, 6.07) is 18.5. The van der Waals surface area contributed by atoms with E-state index in [-0.39, 0.29) is 11.5 Å². The Morgan fingerprint density at radius 2 is 1.86 bits per heavy atom. The van der Waals surface area contributed by atoms with Crippen LogP contribution in [0.5, 0.6) is 5.75 Å². The lowest BCUT2D eigenvalue weighted by Crippen LogP contribution is -2.40. The van der Waals surface area contributed by atoms with Crippen molar-refractivity contribution < 1.29 is 9.53 Å². The molecule has 3 heterocycles. The van der Waals surface area contributed by atoms with Gasteiger partial charge in [0.15, 0.2) is 4.80 Å². The summed E-state index contributed by atoms with van der Waals surface area (Å²) in [5, 5.41) is 4.98. The Hall–Kier alpha value is -3.75. The number of nitrogens with zero attached hydrogens (tertiary/aromatic N) is 2. The van der Waals surface area contributed by atoms with Crippen LogP contribution in [0.25, 0.3) is 6.08 Å². The maximum atomic E-state index is 13.6. The fourth-order valence-corrected chi connectivity index (χ4v) is 5.95. The number of carbonyl (C=O) groups excluding carboxylic acids is 1. The fraction of sp³-hybridized carbons (Fsp3) is 0.148. The van der Waals surface area contributed by atoms with Gasteiger partial charge in [-0.2, -0.15) is 0 Å². The molecule has 0 bridgehead atoms. The van der Waals surface area contributed by atoms with E-state index < -0.39 is 6.04 Å². The minimum absolute atomic E-state index is 0.170. The number of thiophene rings is 1. The number of rotatable bonds is 5. The molecule has 2 aromatic heterocycles. The molecule has 1 atom stereocenters. The largest absolute Gasteiger partial charge is 0.497 e. The van der Waals surface area contributed by atoms with Gasteiger partial charge in [-0.15, -0.1) is 11.3 Å². The first-order valence-electron chi connectivity index (χ1n) is 11.0. The van der Waals surface area contributed by atoms with Crippen molar-refractivity contribution in [2.24, 2.45) is 4.99 Å². The Kier molecular flexibility index (Phi) is 6.23. The Morgan fingerprint density at radius 1 is 1.09 bits per heavy atom. The number of aryl methyl sites for hydroxylation is 1. The molecule has 0 spiro atoms. The summed E-state index contributed by atoms with van der Waals surface area (Å²) in [6.07, 6.45) is 1.85. The van der Waals surface area contributed by atoms with E-state index >= 15 is 0 Å². The fourth-order valence-electron chi connectivity index (χ4n) is 4.08. The SMILES string of the molecule is COc1ccc(/C=c2/sc3n(c2=O)[C@@H](c2cccs2)C(C(=O)Nc2ccccc2C)=C(C)N=3)cc1. The first-order chi connectivity index (χ1) is 17.0. The van der Waals surface area contributed by atoms with Gasteiger partial charge in [0.1, 0.15) is 11.8 Å². The van der Waals surface area contributed by atoms with Gasteiger partial charge in [0, 0.05) is 10.6 Å². The molecule has 176 valence electrons. The number of anilines is 1. The van der Waals surface area contributed by atoms with E-state index in [4.69, 9.17) is 4.74 Å². The van der Waals surface area contributed by atoms with E-state index in [1.165, 1.54) is 22.7 Å².